The summed E-state index contributed by atoms with van der Waals surface area (Å²) in [7, 11) is 0. The van der Waals surface area contributed by atoms with Gasteiger partial charge in [-0.2, -0.15) is 0 Å². The first-order valence-corrected chi connectivity index (χ1v) is 6.90. The maximum Gasteiger partial charge on any atom is 0.265 e. The molecule has 0 aliphatic heterocycles. The van der Waals surface area contributed by atoms with Crippen LogP contribution < -0.4 is 5.32 Å². The molecule has 0 aliphatic rings. The summed E-state index contributed by atoms with van der Waals surface area (Å²) in [6.07, 6.45) is 5.12. The van der Waals surface area contributed by atoms with Gasteiger partial charge in [0.05, 0.1) is 30.3 Å². The summed E-state index contributed by atoms with van der Waals surface area (Å²) in [5.74, 6) is -0.210. The molecule has 21 heavy (non-hydrogen) atoms. The van der Waals surface area contributed by atoms with Crippen LogP contribution in [0.2, 0.25) is 0 Å². The Kier molecular flexibility index (Phi) is 3.65. The minimum Gasteiger partial charge on any atom is -0.345 e. The van der Waals surface area contributed by atoms with Crippen molar-refractivity contribution in [3.05, 3.63) is 47.0 Å². The number of pyridine rings is 1. The Hall–Kier alpha value is -2.68. The molecule has 106 valence electrons. The van der Waals surface area contributed by atoms with Gasteiger partial charge in [0.15, 0.2) is 0 Å². The number of hydrogen-bond donors (Lipinski definition) is 1. The number of rotatable bonds is 4. The van der Waals surface area contributed by atoms with Crippen molar-refractivity contribution in [3.63, 3.8) is 0 Å². The number of nitrogens with zero attached hydrogens (tertiary/aromatic N) is 6. The first kappa shape index (κ1) is 13.3. The number of aryl methyl sites for hydroxylation is 1. The summed E-state index contributed by atoms with van der Waals surface area (Å²) in [5.41, 5.74) is 2.09. The van der Waals surface area contributed by atoms with Gasteiger partial charge in [0.2, 0.25) is 0 Å². The lowest BCUT2D eigenvalue weighted by Gasteiger charge is -2.00. The minimum atomic E-state index is -0.210. The molecule has 9 heteroatoms. The van der Waals surface area contributed by atoms with Crippen LogP contribution in [-0.4, -0.2) is 35.5 Å². The van der Waals surface area contributed by atoms with Crippen molar-refractivity contribution < 1.29 is 4.79 Å². The zero-order valence-electron chi connectivity index (χ0n) is 11.1. The molecule has 8 nitrogen and oxygen atoms in total. The van der Waals surface area contributed by atoms with Crippen LogP contribution in [-0.2, 0) is 6.54 Å². The maximum atomic E-state index is 11.9. The van der Waals surface area contributed by atoms with Crippen molar-refractivity contribution in [1.29, 1.82) is 0 Å². The van der Waals surface area contributed by atoms with Crippen LogP contribution in [0.4, 0.5) is 0 Å². The first-order chi connectivity index (χ1) is 10.2. The summed E-state index contributed by atoms with van der Waals surface area (Å²) in [6, 6.07) is 3.69. The predicted molar refractivity (Wildman–Crippen MR) is 75.0 cm³/mol. The second-order valence-electron chi connectivity index (χ2n) is 4.24. The molecule has 3 heterocycles. The van der Waals surface area contributed by atoms with E-state index in [1.165, 1.54) is 0 Å². The van der Waals surface area contributed by atoms with Crippen LogP contribution in [0.25, 0.3) is 5.69 Å². The molecule has 0 atom stereocenters. The van der Waals surface area contributed by atoms with Gasteiger partial charge >= 0.3 is 0 Å². The van der Waals surface area contributed by atoms with Gasteiger partial charge in [-0.25, -0.2) is 4.68 Å². The molecule has 1 N–H and O–H groups in total. The van der Waals surface area contributed by atoms with E-state index in [4.69, 9.17) is 0 Å². The monoisotopic (exact) mass is 301 g/mol. The van der Waals surface area contributed by atoms with Crippen molar-refractivity contribution in [1.82, 2.24) is 34.9 Å². The van der Waals surface area contributed by atoms with Crippen LogP contribution >= 0.6 is 11.5 Å². The standard InChI is InChI=1S/C12H11N7OS/c1-8-11(21-18-15-8)12(20)14-5-9-7-19(17-16-9)10-3-2-4-13-6-10/h2-4,6-7H,5H2,1H3,(H,14,20). The van der Waals surface area contributed by atoms with E-state index in [9.17, 15) is 4.79 Å². The number of hydrogen-bond acceptors (Lipinski definition) is 7. The third-order valence-corrected chi connectivity index (χ3v) is 3.57. The molecule has 0 spiro atoms. The number of aromatic nitrogens is 6. The van der Waals surface area contributed by atoms with Gasteiger partial charge in [-0.1, -0.05) is 9.70 Å². The van der Waals surface area contributed by atoms with E-state index < -0.39 is 0 Å². The van der Waals surface area contributed by atoms with Crippen LogP contribution in [0.1, 0.15) is 21.1 Å². The average molecular weight is 301 g/mol. The summed E-state index contributed by atoms with van der Waals surface area (Å²) in [6.45, 7) is 2.04. The van der Waals surface area contributed by atoms with E-state index in [1.54, 1.807) is 30.2 Å². The first-order valence-electron chi connectivity index (χ1n) is 6.13. The summed E-state index contributed by atoms with van der Waals surface area (Å²) in [4.78, 5) is 16.5. The normalized spacial score (nSPS) is 10.5. The van der Waals surface area contributed by atoms with E-state index in [0.717, 1.165) is 17.2 Å². The lowest BCUT2D eigenvalue weighted by Crippen LogP contribution is -2.22. The zero-order chi connectivity index (χ0) is 14.7. The highest BCUT2D eigenvalue weighted by Crippen LogP contribution is 2.09. The van der Waals surface area contributed by atoms with Crippen molar-refractivity contribution in [2.45, 2.75) is 13.5 Å². The highest BCUT2D eigenvalue weighted by Gasteiger charge is 2.13. The molecule has 0 aromatic carbocycles. The van der Waals surface area contributed by atoms with Gasteiger partial charge in [-0.15, -0.1) is 10.2 Å². The number of nitrogens with one attached hydrogen (secondary N) is 1. The summed E-state index contributed by atoms with van der Waals surface area (Å²) in [5, 5.41) is 14.6. The Morgan fingerprint density at radius 3 is 3.05 bits per heavy atom. The fourth-order valence-electron chi connectivity index (χ4n) is 1.69. The Bertz CT molecular complexity index is 752. The largest absolute Gasteiger partial charge is 0.345 e. The van der Waals surface area contributed by atoms with E-state index in [1.807, 2.05) is 12.1 Å². The third-order valence-electron chi connectivity index (χ3n) is 2.74. The summed E-state index contributed by atoms with van der Waals surface area (Å²) >= 11 is 1.07. The fraction of sp³-hybridized carbons (Fsp3) is 0.167. The van der Waals surface area contributed by atoms with Gasteiger partial charge in [0.1, 0.15) is 10.6 Å². The topological polar surface area (TPSA) is 98.5 Å². The van der Waals surface area contributed by atoms with Crippen molar-refractivity contribution in [2.24, 2.45) is 0 Å². The van der Waals surface area contributed by atoms with Crippen molar-refractivity contribution >= 4 is 17.4 Å². The Balaban J connectivity index is 1.66. The molecular weight excluding hydrogens is 290 g/mol. The zero-order valence-corrected chi connectivity index (χ0v) is 11.9. The van der Waals surface area contributed by atoms with Gasteiger partial charge in [-0.05, 0) is 30.6 Å². The van der Waals surface area contributed by atoms with Gasteiger partial charge in [0.25, 0.3) is 5.91 Å². The maximum absolute atomic E-state index is 11.9. The average Bonchev–Trinajstić information content (AvgIpc) is 3.15. The Morgan fingerprint density at radius 2 is 2.33 bits per heavy atom. The van der Waals surface area contributed by atoms with Crippen LogP contribution in [0.15, 0.2) is 30.7 Å². The number of carbonyl (C=O) groups is 1. The van der Waals surface area contributed by atoms with Crippen molar-refractivity contribution in [2.75, 3.05) is 0 Å². The molecule has 0 saturated heterocycles. The molecule has 3 aromatic heterocycles. The number of carbonyl (C=O) groups excluding carboxylic acids is 1. The SMILES string of the molecule is Cc1nnsc1C(=O)NCc1cn(-c2cccnc2)nn1. The van der Waals surface area contributed by atoms with E-state index >= 15 is 0 Å². The molecule has 3 aromatic rings. The highest BCUT2D eigenvalue weighted by molar-refractivity contribution is 7.07. The van der Waals surface area contributed by atoms with Crippen molar-refractivity contribution in [3.8, 4) is 5.69 Å². The molecule has 0 fully saturated rings. The van der Waals surface area contributed by atoms with E-state index in [-0.39, 0.29) is 12.5 Å². The fourth-order valence-corrected chi connectivity index (χ4v) is 2.26. The van der Waals surface area contributed by atoms with Gasteiger partial charge in [-0.3, -0.25) is 9.78 Å². The molecule has 0 bridgehead atoms. The van der Waals surface area contributed by atoms with Gasteiger partial charge in [0, 0.05) is 6.20 Å². The summed E-state index contributed by atoms with van der Waals surface area (Å²) < 4.78 is 5.34. The van der Waals surface area contributed by atoms with Crippen LogP contribution in [0.5, 0.6) is 0 Å². The number of amides is 1. The van der Waals surface area contributed by atoms with E-state index in [2.05, 4.69) is 30.2 Å². The second-order valence-corrected chi connectivity index (χ2v) is 4.99. The smallest absolute Gasteiger partial charge is 0.265 e. The van der Waals surface area contributed by atoms with Crippen LogP contribution in [0.3, 0.4) is 0 Å². The quantitative estimate of drug-likeness (QED) is 0.763. The lowest BCUT2D eigenvalue weighted by atomic mass is 10.3. The molecule has 3 rings (SSSR count). The highest BCUT2D eigenvalue weighted by atomic mass is 32.1. The van der Waals surface area contributed by atoms with E-state index in [0.29, 0.717) is 16.3 Å². The predicted octanol–water partition coefficient (Wildman–Crippen LogP) is 0.752. The minimum absolute atomic E-state index is 0.210. The molecule has 1 amide bonds. The third kappa shape index (κ3) is 2.92. The molecule has 0 unspecified atom stereocenters. The second kappa shape index (κ2) is 5.75. The molecule has 0 saturated carbocycles. The molecule has 0 aliphatic carbocycles. The lowest BCUT2D eigenvalue weighted by molar-refractivity contribution is 0.0953. The Morgan fingerprint density at radius 1 is 1.43 bits per heavy atom. The van der Waals surface area contributed by atoms with Gasteiger partial charge < -0.3 is 5.32 Å². The molecular formula is C12H11N7OS. The van der Waals surface area contributed by atoms with Crippen LogP contribution in [0, 0.1) is 6.92 Å². The molecule has 0 radical (unpaired) electrons. The Labute approximate surface area is 124 Å².